The molecule has 5 heteroatoms. The lowest BCUT2D eigenvalue weighted by atomic mass is 10.0. The predicted octanol–water partition coefficient (Wildman–Crippen LogP) is 3.38. The van der Waals surface area contributed by atoms with E-state index >= 15 is 0 Å². The maximum atomic E-state index is 13.9. The first-order chi connectivity index (χ1) is 9.58. The molecule has 0 amide bonds. The van der Waals surface area contributed by atoms with Crippen LogP contribution in [0.4, 0.5) is 8.78 Å². The van der Waals surface area contributed by atoms with Crippen LogP contribution in [-0.4, -0.2) is 17.8 Å². The molecule has 0 aliphatic rings. The van der Waals surface area contributed by atoms with Gasteiger partial charge in [0.25, 0.3) is 5.92 Å². The lowest BCUT2D eigenvalue weighted by Gasteiger charge is -2.20. The molecule has 2 nitrogen and oxygen atoms in total. The molecule has 0 fully saturated rings. The van der Waals surface area contributed by atoms with Crippen molar-refractivity contribution in [2.24, 2.45) is 0 Å². The van der Waals surface area contributed by atoms with Crippen molar-refractivity contribution in [3.05, 3.63) is 58.3 Å². The number of benzene rings is 1. The van der Waals surface area contributed by atoms with Gasteiger partial charge in [-0.05, 0) is 11.4 Å². The van der Waals surface area contributed by atoms with Gasteiger partial charge in [-0.15, -0.1) is 11.3 Å². The van der Waals surface area contributed by atoms with E-state index in [4.69, 9.17) is 0 Å². The first-order valence-electron chi connectivity index (χ1n) is 6.42. The molecule has 0 bridgehead atoms. The van der Waals surface area contributed by atoms with E-state index in [0.717, 1.165) is 4.88 Å². The molecule has 0 spiro atoms. The van der Waals surface area contributed by atoms with Gasteiger partial charge in [0.1, 0.15) is 0 Å². The second-order valence-electron chi connectivity index (χ2n) is 4.64. The summed E-state index contributed by atoms with van der Waals surface area (Å²) in [5.74, 6) is -3.01. The summed E-state index contributed by atoms with van der Waals surface area (Å²) in [6, 6.07) is 11.5. The van der Waals surface area contributed by atoms with Crippen LogP contribution in [0.15, 0.2) is 47.8 Å². The average Bonchev–Trinajstić information content (AvgIpc) is 2.92. The van der Waals surface area contributed by atoms with Crippen molar-refractivity contribution >= 4 is 11.3 Å². The maximum absolute atomic E-state index is 13.9. The molecule has 1 aromatic heterocycles. The molecule has 0 saturated carbocycles. The van der Waals surface area contributed by atoms with Crippen molar-refractivity contribution in [3.63, 3.8) is 0 Å². The second kappa shape index (κ2) is 6.92. The molecule has 0 aliphatic heterocycles. The van der Waals surface area contributed by atoms with Crippen molar-refractivity contribution in [2.45, 2.75) is 25.0 Å². The zero-order chi connectivity index (χ0) is 14.4. The Morgan fingerprint density at radius 1 is 1.15 bits per heavy atom. The van der Waals surface area contributed by atoms with Crippen LogP contribution >= 0.6 is 11.3 Å². The second-order valence-corrected chi connectivity index (χ2v) is 5.67. The quantitative estimate of drug-likeness (QED) is 0.821. The number of hydrogen-bond donors (Lipinski definition) is 2. The van der Waals surface area contributed by atoms with Crippen LogP contribution in [0.5, 0.6) is 0 Å². The summed E-state index contributed by atoms with van der Waals surface area (Å²) in [6.07, 6.45) is -1.65. The van der Waals surface area contributed by atoms with Gasteiger partial charge < -0.3 is 10.4 Å². The SMILES string of the molecule is OC(CNCc1cccs1)CC(F)(F)c1ccccc1. The summed E-state index contributed by atoms with van der Waals surface area (Å²) < 4.78 is 27.8. The Hall–Kier alpha value is -1.30. The lowest BCUT2D eigenvalue weighted by molar-refractivity contribution is -0.0493. The van der Waals surface area contributed by atoms with Crippen molar-refractivity contribution in [3.8, 4) is 0 Å². The normalized spacial score (nSPS) is 13.3. The minimum atomic E-state index is -3.01. The Labute approximate surface area is 121 Å². The Morgan fingerprint density at radius 3 is 2.55 bits per heavy atom. The van der Waals surface area contributed by atoms with Crippen molar-refractivity contribution < 1.29 is 13.9 Å². The van der Waals surface area contributed by atoms with Crippen LogP contribution in [0.1, 0.15) is 16.9 Å². The number of hydrogen-bond acceptors (Lipinski definition) is 3. The summed E-state index contributed by atoms with van der Waals surface area (Å²) in [5, 5.41) is 14.7. The molecule has 108 valence electrons. The fraction of sp³-hybridized carbons (Fsp3) is 0.333. The van der Waals surface area contributed by atoms with E-state index in [2.05, 4.69) is 5.32 Å². The first kappa shape index (κ1) is 15.1. The van der Waals surface area contributed by atoms with E-state index in [1.807, 2.05) is 17.5 Å². The summed E-state index contributed by atoms with van der Waals surface area (Å²) in [5.41, 5.74) is -0.0580. The highest BCUT2D eigenvalue weighted by Gasteiger charge is 2.33. The van der Waals surface area contributed by atoms with Crippen LogP contribution in [-0.2, 0) is 12.5 Å². The molecule has 1 atom stereocenters. The van der Waals surface area contributed by atoms with E-state index in [1.54, 1.807) is 29.5 Å². The van der Waals surface area contributed by atoms with Gasteiger partial charge in [-0.1, -0.05) is 36.4 Å². The molecule has 0 aliphatic carbocycles. The zero-order valence-electron chi connectivity index (χ0n) is 10.9. The lowest BCUT2D eigenvalue weighted by Crippen LogP contribution is -2.31. The number of rotatable bonds is 7. The molecule has 1 heterocycles. The fourth-order valence-corrected chi connectivity index (χ4v) is 2.62. The first-order valence-corrected chi connectivity index (χ1v) is 7.30. The smallest absolute Gasteiger partial charge is 0.275 e. The van der Waals surface area contributed by atoms with E-state index in [9.17, 15) is 13.9 Å². The minimum Gasteiger partial charge on any atom is -0.392 e. The van der Waals surface area contributed by atoms with Crippen molar-refractivity contribution in [2.75, 3.05) is 6.54 Å². The molecule has 2 aromatic rings. The van der Waals surface area contributed by atoms with Crippen molar-refractivity contribution in [1.82, 2.24) is 5.32 Å². The largest absolute Gasteiger partial charge is 0.392 e. The Bertz CT molecular complexity index is 502. The summed E-state index contributed by atoms with van der Waals surface area (Å²) >= 11 is 1.59. The Balaban J connectivity index is 1.80. The highest BCUT2D eigenvalue weighted by atomic mass is 32.1. The molecule has 0 radical (unpaired) electrons. The molecule has 0 saturated heterocycles. The van der Waals surface area contributed by atoms with Gasteiger partial charge >= 0.3 is 0 Å². The highest BCUT2D eigenvalue weighted by Crippen LogP contribution is 2.32. The molecular weight excluding hydrogens is 280 g/mol. The molecule has 1 unspecified atom stereocenters. The molecule has 2 rings (SSSR count). The number of aliphatic hydroxyl groups is 1. The van der Waals surface area contributed by atoms with E-state index in [0.29, 0.717) is 6.54 Å². The van der Waals surface area contributed by atoms with Gasteiger partial charge in [0, 0.05) is 30.0 Å². The zero-order valence-corrected chi connectivity index (χ0v) is 11.7. The topological polar surface area (TPSA) is 32.3 Å². The maximum Gasteiger partial charge on any atom is 0.275 e. The molecule has 1 aromatic carbocycles. The number of alkyl halides is 2. The summed E-state index contributed by atoms with van der Waals surface area (Å²) in [6.45, 7) is 0.742. The van der Waals surface area contributed by atoms with E-state index in [-0.39, 0.29) is 12.1 Å². The highest BCUT2D eigenvalue weighted by molar-refractivity contribution is 7.09. The van der Waals surface area contributed by atoms with Gasteiger partial charge in [0.2, 0.25) is 0 Å². The number of halogens is 2. The van der Waals surface area contributed by atoms with Crippen LogP contribution in [0.2, 0.25) is 0 Å². The predicted molar refractivity (Wildman–Crippen MR) is 77.0 cm³/mol. The molecule has 20 heavy (non-hydrogen) atoms. The number of aliphatic hydroxyl groups excluding tert-OH is 1. The monoisotopic (exact) mass is 297 g/mol. The number of nitrogens with one attached hydrogen (secondary N) is 1. The van der Waals surface area contributed by atoms with Crippen LogP contribution < -0.4 is 5.32 Å². The van der Waals surface area contributed by atoms with Crippen molar-refractivity contribution in [1.29, 1.82) is 0 Å². The molecule has 2 N–H and O–H groups in total. The van der Waals surface area contributed by atoms with Crippen LogP contribution in [0.25, 0.3) is 0 Å². The minimum absolute atomic E-state index is 0.0580. The molecular formula is C15H17F2NOS. The van der Waals surface area contributed by atoms with Gasteiger partial charge in [-0.3, -0.25) is 0 Å². The summed E-state index contributed by atoms with van der Waals surface area (Å²) in [7, 11) is 0. The van der Waals surface area contributed by atoms with Gasteiger partial charge in [0.15, 0.2) is 0 Å². The Morgan fingerprint density at radius 2 is 1.90 bits per heavy atom. The third-order valence-electron chi connectivity index (χ3n) is 2.95. The fourth-order valence-electron chi connectivity index (χ4n) is 1.94. The third kappa shape index (κ3) is 4.37. The third-order valence-corrected chi connectivity index (χ3v) is 3.82. The van der Waals surface area contributed by atoms with E-state index in [1.165, 1.54) is 12.1 Å². The number of thiophene rings is 1. The van der Waals surface area contributed by atoms with E-state index < -0.39 is 18.4 Å². The average molecular weight is 297 g/mol. The summed E-state index contributed by atoms with van der Waals surface area (Å²) in [4.78, 5) is 1.12. The standard InChI is InChI=1S/C15H17F2NOS/c16-15(17,12-5-2-1-3-6-12)9-13(19)10-18-11-14-7-4-8-20-14/h1-8,13,18-19H,9-11H2. The van der Waals surface area contributed by atoms with Crippen LogP contribution in [0, 0.1) is 0 Å². The van der Waals surface area contributed by atoms with Gasteiger partial charge in [-0.25, -0.2) is 8.78 Å². The van der Waals surface area contributed by atoms with Crippen LogP contribution in [0.3, 0.4) is 0 Å². The Kier molecular flexibility index (Phi) is 5.23. The van der Waals surface area contributed by atoms with Gasteiger partial charge in [0.05, 0.1) is 6.10 Å². The van der Waals surface area contributed by atoms with Gasteiger partial charge in [-0.2, -0.15) is 0 Å².